The molecule has 0 spiro atoms. The Bertz CT molecular complexity index is 1250. The number of hydrogen-bond donors (Lipinski definition) is 1. The first-order valence-corrected chi connectivity index (χ1v) is 8.28. The van der Waals surface area contributed by atoms with Crippen LogP contribution in [0, 0.1) is 5.82 Å². The lowest BCUT2D eigenvalue weighted by Crippen LogP contribution is -2.02. The molecule has 132 valence electrons. The number of halogens is 1. The van der Waals surface area contributed by atoms with Gasteiger partial charge in [-0.05, 0) is 11.6 Å². The largest absolute Gasteiger partial charge is 0.472 e. The van der Waals surface area contributed by atoms with Gasteiger partial charge in [0.05, 0.1) is 17.9 Å². The van der Waals surface area contributed by atoms with Gasteiger partial charge in [0.2, 0.25) is 5.88 Å². The van der Waals surface area contributed by atoms with Crippen molar-refractivity contribution >= 4 is 21.9 Å². The first-order chi connectivity index (χ1) is 13.3. The molecule has 3 aromatic heterocycles. The fourth-order valence-corrected chi connectivity index (χ4v) is 2.96. The molecular weight excluding hydrogens is 347 g/mol. The summed E-state index contributed by atoms with van der Waals surface area (Å²) in [5.74, 6) is -0.0259. The topological polar surface area (TPSA) is 81.5 Å². The minimum absolute atomic E-state index is 0.284. The summed E-state index contributed by atoms with van der Waals surface area (Å²) < 4.78 is 21.8. The summed E-state index contributed by atoms with van der Waals surface area (Å²) in [6, 6.07) is 12.8. The molecular formula is C19H13FN6O. The highest BCUT2D eigenvalue weighted by Crippen LogP contribution is 2.26. The van der Waals surface area contributed by atoms with Crippen molar-refractivity contribution in [2.24, 2.45) is 0 Å². The van der Waals surface area contributed by atoms with Gasteiger partial charge in [-0.15, -0.1) is 0 Å². The SMILES string of the molecule is Fc1cc2[nH]ncc2cc1-n1ncc2c(OCc3ccccc3)ncnc21. The summed E-state index contributed by atoms with van der Waals surface area (Å²) in [5, 5.41) is 12.4. The van der Waals surface area contributed by atoms with Gasteiger partial charge in [0.25, 0.3) is 0 Å². The predicted octanol–water partition coefficient (Wildman–Crippen LogP) is 3.41. The van der Waals surface area contributed by atoms with Gasteiger partial charge in [-0.25, -0.2) is 19.0 Å². The van der Waals surface area contributed by atoms with Gasteiger partial charge in [-0.2, -0.15) is 10.2 Å². The maximum Gasteiger partial charge on any atom is 0.228 e. The molecule has 0 fully saturated rings. The molecule has 0 saturated heterocycles. The number of benzene rings is 2. The Hall–Kier alpha value is -3.81. The van der Waals surface area contributed by atoms with Crippen LogP contribution in [0.4, 0.5) is 4.39 Å². The highest BCUT2D eigenvalue weighted by atomic mass is 19.1. The first kappa shape index (κ1) is 15.4. The average molecular weight is 360 g/mol. The van der Waals surface area contributed by atoms with E-state index in [4.69, 9.17) is 4.74 Å². The molecule has 5 rings (SSSR count). The molecule has 8 heteroatoms. The third-order valence-electron chi connectivity index (χ3n) is 4.28. The van der Waals surface area contributed by atoms with Gasteiger partial charge < -0.3 is 4.74 Å². The van der Waals surface area contributed by atoms with Gasteiger partial charge in [0, 0.05) is 11.5 Å². The van der Waals surface area contributed by atoms with E-state index in [9.17, 15) is 4.39 Å². The van der Waals surface area contributed by atoms with Crippen LogP contribution in [0.3, 0.4) is 0 Å². The van der Waals surface area contributed by atoms with E-state index in [2.05, 4.69) is 25.3 Å². The Labute approximate surface area is 152 Å². The van der Waals surface area contributed by atoms with E-state index in [-0.39, 0.29) is 5.69 Å². The van der Waals surface area contributed by atoms with Crippen molar-refractivity contribution in [1.82, 2.24) is 29.9 Å². The molecule has 0 radical (unpaired) electrons. The third kappa shape index (κ3) is 2.67. The van der Waals surface area contributed by atoms with Gasteiger partial charge in [-0.1, -0.05) is 30.3 Å². The summed E-state index contributed by atoms with van der Waals surface area (Å²) in [6.07, 6.45) is 4.59. The molecule has 3 heterocycles. The molecule has 0 aliphatic rings. The second kappa shape index (κ2) is 6.17. The van der Waals surface area contributed by atoms with E-state index in [1.807, 2.05) is 30.3 Å². The maximum atomic E-state index is 14.6. The van der Waals surface area contributed by atoms with E-state index < -0.39 is 5.82 Å². The molecule has 0 unspecified atom stereocenters. The van der Waals surface area contributed by atoms with Crippen molar-refractivity contribution in [1.29, 1.82) is 0 Å². The predicted molar refractivity (Wildman–Crippen MR) is 97.0 cm³/mol. The minimum atomic E-state index is -0.429. The van der Waals surface area contributed by atoms with Crippen LogP contribution in [0.15, 0.2) is 61.2 Å². The molecule has 0 saturated carbocycles. The van der Waals surface area contributed by atoms with Crippen molar-refractivity contribution in [2.45, 2.75) is 6.61 Å². The van der Waals surface area contributed by atoms with Crippen molar-refractivity contribution in [3.8, 4) is 11.6 Å². The number of H-pyrrole nitrogens is 1. The zero-order valence-corrected chi connectivity index (χ0v) is 14.0. The number of aromatic nitrogens is 6. The van der Waals surface area contributed by atoms with Crippen LogP contribution in [0.25, 0.3) is 27.6 Å². The Balaban J connectivity index is 1.55. The molecule has 0 bridgehead atoms. The molecule has 5 aromatic rings. The van der Waals surface area contributed by atoms with Crippen molar-refractivity contribution in [3.63, 3.8) is 0 Å². The zero-order valence-electron chi connectivity index (χ0n) is 14.0. The summed E-state index contributed by atoms with van der Waals surface area (Å²) in [7, 11) is 0. The molecule has 7 nitrogen and oxygen atoms in total. The van der Waals surface area contributed by atoms with Crippen LogP contribution < -0.4 is 4.74 Å². The van der Waals surface area contributed by atoms with Crippen molar-refractivity contribution in [3.05, 3.63) is 72.6 Å². The quantitative estimate of drug-likeness (QED) is 0.531. The van der Waals surface area contributed by atoms with E-state index in [0.717, 1.165) is 10.9 Å². The molecule has 1 N–H and O–H groups in total. The third-order valence-corrected chi connectivity index (χ3v) is 4.28. The second-order valence-corrected chi connectivity index (χ2v) is 6.01. The number of nitrogens with zero attached hydrogens (tertiary/aromatic N) is 5. The van der Waals surface area contributed by atoms with Crippen LogP contribution >= 0.6 is 0 Å². The van der Waals surface area contributed by atoms with Gasteiger partial charge >= 0.3 is 0 Å². The van der Waals surface area contributed by atoms with Gasteiger partial charge in [0.1, 0.15) is 24.0 Å². The fourth-order valence-electron chi connectivity index (χ4n) is 2.96. The average Bonchev–Trinajstić information content (AvgIpc) is 3.33. The number of nitrogens with one attached hydrogen (secondary N) is 1. The van der Waals surface area contributed by atoms with E-state index in [1.165, 1.54) is 17.1 Å². The lowest BCUT2D eigenvalue weighted by molar-refractivity contribution is 0.297. The molecule has 0 aliphatic heterocycles. The first-order valence-electron chi connectivity index (χ1n) is 8.28. The Morgan fingerprint density at radius 2 is 1.96 bits per heavy atom. The Kier molecular flexibility index (Phi) is 3.53. The normalized spacial score (nSPS) is 11.3. The van der Waals surface area contributed by atoms with E-state index in [1.54, 1.807) is 18.5 Å². The zero-order chi connectivity index (χ0) is 18.2. The van der Waals surface area contributed by atoms with Crippen LogP contribution in [-0.4, -0.2) is 29.9 Å². The molecule has 0 aliphatic carbocycles. The summed E-state index contributed by atoms with van der Waals surface area (Å²) in [5.41, 5.74) is 2.39. The number of fused-ring (bicyclic) bond motifs is 2. The van der Waals surface area contributed by atoms with E-state index >= 15 is 0 Å². The number of ether oxygens (including phenoxy) is 1. The monoisotopic (exact) mass is 360 g/mol. The van der Waals surface area contributed by atoms with Crippen LogP contribution in [0.5, 0.6) is 5.88 Å². The van der Waals surface area contributed by atoms with Crippen LogP contribution in [0.2, 0.25) is 0 Å². The standard InChI is InChI=1S/C19H13FN6O/c20-15-7-16-13(8-23-25-16)6-17(15)26-18-14(9-24-26)19(22-11-21-18)27-10-12-4-2-1-3-5-12/h1-9,11H,10H2,(H,23,25). The van der Waals surface area contributed by atoms with Gasteiger partial charge in [-0.3, -0.25) is 5.10 Å². The molecule has 0 amide bonds. The summed E-state index contributed by atoms with van der Waals surface area (Å²) in [6.45, 7) is 0.369. The molecule has 0 atom stereocenters. The lowest BCUT2D eigenvalue weighted by atomic mass is 10.2. The maximum absolute atomic E-state index is 14.6. The van der Waals surface area contributed by atoms with Crippen LogP contribution in [0.1, 0.15) is 5.56 Å². The Morgan fingerprint density at radius 3 is 2.85 bits per heavy atom. The molecule has 27 heavy (non-hydrogen) atoms. The lowest BCUT2D eigenvalue weighted by Gasteiger charge is -2.07. The van der Waals surface area contributed by atoms with Crippen molar-refractivity contribution in [2.75, 3.05) is 0 Å². The summed E-state index contributed by atoms with van der Waals surface area (Å²) in [4.78, 5) is 8.46. The number of rotatable bonds is 4. The van der Waals surface area contributed by atoms with Crippen LogP contribution in [-0.2, 0) is 6.61 Å². The van der Waals surface area contributed by atoms with E-state index in [0.29, 0.717) is 29.0 Å². The number of hydrogen-bond acceptors (Lipinski definition) is 5. The fraction of sp³-hybridized carbons (Fsp3) is 0.0526. The second-order valence-electron chi connectivity index (χ2n) is 6.01. The highest BCUT2D eigenvalue weighted by molar-refractivity contribution is 5.84. The van der Waals surface area contributed by atoms with Crippen molar-refractivity contribution < 1.29 is 9.13 Å². The Morgan fingerprint density at radius 1 is 1.07 bits per heavy atom. The smallest absolute Gasteiger partial charge is 0.228 e. The number of aromatic amines is 1. The summed E-state index contributed by atoms with van der Waals surface area (Å²) >= 11 is 0. The van der Waals surface area contributed by atoms with Gasteiger partial charge in [0.15, 0.2) is 11.5 Å². The minimum Gasteiger partial charge on any atom is -0.472 e. The highest BCUT2D eigenvalue weighted by Gasteiger charge is 2.16. The molecule has 2 aromatic carbocycles.